The number of ether oxygens (including phenoxy) is 2. The van der Waals surface area contributed by atoms with Crippen molar-refractivity contribution < 1.29 is 14.3 Å². The summed E-state index contributed by atoms with van der Waals surface area (Å²) in [6.45, 7) is 5.44. The Hall–Kier alpha value is -3.71. The Labute approximate surface area is 189 Å². The van der Waals surface area contributed by atoms with E-state index < -0.39 is 12.0 Å². The third-order valence-electron chi connectivity index (χ3n) is 5.11. The largest absolute Gasteiger partial charge is 0.496 e. The predicted molar refractivity (Wildman–Crippen MR) is 124 cm³/mol. The lowest BCUT2D eigenvalue weighted by Crippen LogP contribution is -2.39. The van der Waals surface area contributed by atoms with E-state index in [4.69, 9.17) is 9.47 Å². The van der Waals surface area contributed by atoms with Gasteiger partial charge in [0.2, 0.25) is 0 Å². The van der Waals surface area contributed by atoms with Crippen LogP contribution in [-0.4, -0.2) is 24.3 Å². The zero-order valence-corrected chi connectivity index (χ0v) is 18.6. The Bertz CT molecular complexity index is 1380. The topological polar surface area (TPSA) is 69.9 Å². The molecule has 1 aliphatic rings. The van der Waals surface area contributed by atoms with Crippen LogP contribution in [0.1, 0.15) is 24.1 Å². The Morgan fingerprint density at radius 3 is 2.62 bits per heavy atom. The van der Waals surface area contributed by atoms with Crippen LogP contribution in [0.3, 0.4) is 0 Å². The number of allylic oxidation sites excluding steroid dienone is 1. The molecule has 0 unspecified atom stereocenters. The van der Waals surface area contributed by atoms with Gasteiger partial charge < -0.3 is 9.47 Å². The van der Waals surface area contributed by atoms with Crippen molar-refractivity contribution in [2.75, 3.05) is 13.7 Å². The quantitative estimate of drug-likeness (QED) is 0.431. The monoisotopic (exact) mass is 446 g/mol. The van der Waals surface area contributed by atoms with Gasteiger partial charge in [-0.3, -0.25) is 9.36 Å². The average molecular weight is 447 g/mol. The molecule has 6 nitrogen and oxygen atoms in total. The fraction of sp³-hybridized carbons (Fsp3) is 0.160. The van der Waals surface area contributed by atoms with Gasteiger partial charge in [-0.2, -0.15) is 0 Å². The van der Waals surface area contributed by atoms with E-state index in [0.717, 1.165) is 11.1 Å². The van der Waals surface area contributed by atoms with Crippen LogP contribution in [0.25, 0.3) is 6.08 Å². The van der Waals surface area contributed by atoms with Crippen molar-refractivity contribution in [1.82, 2.24) is 4.57 Å². The summed E-state index contributed by atoms with van der Waals surface area (Å²) in [5.41, 5.74) is 2.23. The first-order valence-corrected chi connectivity index (χ1v) is 10.9. The van der Waals surface area contributed by atoms with Gasteiger partial charge in [-0.1, -0.05) is 72.5 Å². The highest BCUT2D eigenvalue weighted by molar-refractivity contribution is 7.07. The average Bonchev–Trinajstić information content (AvgIpc) is 3.11. The summed E-state index contributed by atoms with van der Waals surface area (Å²) >= 11 is 1.28. The van der Waals surface area contributed by atoms with Crippen molar-refractivity contribution >= 4 is 23.4 Å². The van der Waals surface area contributed by atoms with E-state index >= 15 is 0 Å². The first kappa shape index (κ1) is 21.5. The molecule has 2 heterocycles. The maximum Gasteiger partial charge on any atom is 0.338 e. The van der Waals surface area contributed by atoms with Crippen LogP contribution >= 0.6 is 11.3 Å². The molecule has 4 rings (SSSR count). The van der Waals surface area contributed by atoms with Gasteiger partial charge in [0.25, 0.3) is 5.56 Å². The standard InChI is InChI=1S/C25H22N2O4S/c1-4-14-31-24(29)21-16(2)26-25-27(22(21)17-10-6-5-7-11-17)23(28)20(32-25)15-18-12-8-9-13-19(18)30-3/h4-13,15,22H,1,14H2,2-3H3/b20-15+/t22-/m1/s1. The molecule has 0 amide bonds. The van der Waals surface area contributed by atoms with E-state index in [9.17, 15) is 9.59 Å². The fourth-order valence-electron chi connectivity index (χ4n) is 3.67. The summed E-state index contributed by atoms with van der Waals surface area (Å²) in [6, 6.07) is 16.3. The van der Waals surface area contributed by atoms with E-state index in [0.29, 0.717) is 26.4 Å². The van der Waals surface area contributed by atoms with Crippen LogP contribution in [0.2, 0.25) is 0 Å². The molecule has 3 aromatic rings. The lowest BCUT2D eigenvalue weighted by molar-refractivity contribution is -0.138. The molecular weight excluding hydrogens is 424 g/mol. The minimum atomic E-state index is -0.635. The van der Waals surface area contributed by atoms with Crippen molar-refractivity contribution in [3.8, 4) is 5.75 Å². The highest BCUT2D eigenvalue weighted by atomic mass is 32.1. The Balaban J connectivity index is 1.94. The number of aromatic nitrogens is 1. The number of thiazole rings is 1. The number of carbonyl (C=O) groups is 1. The molecule has 7 heteroatoms. The Morgan fingerprint density at radius 1 is 1.19 bits per heavy atom. The number of fused-ring (bicyclic) bond motifs is 1. The van der Waals surface area contributed by atoms with Crippen molar-refractivity contribution in [3.63, 3.8) is 0 Å². The predicted octanol–water partition coefficient (Wildman–Crippen LogP) is 2.97. The van der Waals surface area contributed by atoms with Gasteiger partial charge in [0.15, 0.2) is 4.80 Å². The molecule has 0 spiro atoms. The van der Waals surface area contributed by atoms with Gasteiger partial charge >= 0.3 is 5.97 Å². The van der Waals surface area contributed by atoms with Gasteiger partial charge in [0, 0.05) is 5.56 Å². The van der Waals surface area contributed by atoms with E-state index in [1.807, 2.05) is 54.6 Å². The molecule has 0 saturated heterocycles. The van der Waals surface area contributed by atoms with Crippen molar-refractivity contribution in [1.29, 1.82) is 0 Å². The number of para-hydroxylation sites is 1. The number of hydrogen-bond donors (Lipinski definition) is 0. The number of benzene rings is 2. The maximum absolute atomic E-state index is 13.5. The zero-order valence-electron chi connectivity index (χ0n) is 17.8. The van der Waals surface area contributed by atoms with Crippen molar-refractivity contribution in [2.45, 2.75) is 13.0 Å². The molecule has 0 bridgehead atoms. The molecule has 1 atom stereocenters. The second kappa shape index (κ2) is 9.20. The van der Waals surface area contributed by atoms with Crippen LogP contribution in [0, 0.1) is 0 Å². The van der Waals surface area contributed by atoms with Gasteiger partial charge in [0.05, 0.1) is 29.0 Å². The summed E-state index contributed by atoms with van der Waals surface area (Å²) in [7, 11) is 1.59. The molecule has 0 radical (unpaired) electrons. The van der Waals surface area contributed by atoms with Crippen molar-refractivity contribution in [3.05, 3.63) is 109 Å². The SMILES string of the molecule is C=CCOC(=O)C1=C(C)N=c2s/c(=C/c3ccccc3OC)c(=O)n2[C@@H]1c1ccccc1. The van der Waals surface area contributed by atoms with Crippen LogP contribution in [0.5, 0.6) is 5.75 Å². The van der Waals surface area contributed by atoms with Crippen LogP contribution in [-0.2, 0) is 9.53 Å². The van der Waals surface area contributed by atoms with Gasteiger partial charge in [-0.25, -0.2) is 9.79 Å². The summed E-state index contributed by atoms with van der Waals surface area (Å²) in [5, 5.41) is 0. The van der Waals surface area contributed by atoms with E-state index in [2.05, 4.69) is 11.6 Å². The number of nitrogens with zero attached hydrogens (tertiary/aromatic N) is 2. The van der Waals surface area contributed by atoms with Gasteiger partial charge in [-0.15, -0.1) is 0 Å². The highest BCUT2D eigenvalue weighted by Crippen LogP contribution is 2.30. The van der Waals surface area contributed by atoms with E-state index in [1.54, 1.807) is 24.7 Å². The summed E-state index contributed by atoms with van der Waals surface area (Å²) < 4.78 is 12.8. The number of rotatable bonds is 6. The first-order chi connectivity index (χ1) is 15.5. The molecule has 2 aromatic carbocycles. The second-order valence-electron chi connectivity index (χ2n) is 7.12. The summed E-state index contributed by atoms with van der Waals surface area (Å²) in [4.78, 5) is 31.6. The fourth-order valence-corrected chi connectivity index (χ4v) is 4.71. The number of carbonyl (C=O) groups excluding carboxylic acids is 1. The maximum atomic E-state index is 13.5. The van der Waals surface area contributed by atoms with E-state index in [1.165, 1.54) is 17.4 Å². The Morgan fingerprint density at radius 2 is 1.91 bits per heavy atom. The summed E-state index contributed by atoms with van der Waals surface area (Å²) in [6.07, 6.45) is 3.30. The molecule has 1 aromatic heterocycles. The lowest BCUT2D eigenvalue weighted by atomic mass is 9.96. The zero-order chi connectivity index (χ0) is 22.7. The van der Waals surface area contributed by atoms with Crippen LogP contribution < -0.4 is 19.6 Å². The van der Waals surface area contributed by atoms with Crippen LogP contribution in [0.4, 0.5) is 0 Å². The minimum Gasteiger partial charge on any atom is -0.496 e. The number of methoxy groups -OCH3 is 1. The van der Waals surface area contributed by atoms with Gasteiger partial charge in [-0.05, 0) is 24.6 Å². The molecule has 0 aliphatic carbocycles. The number of esters is 1. The third-order valence-corrected chi connectivity index (χ3v) is 6.10. The summed E-state index contributed by atoms with van der Waals surface area (Å²) in [5.74, 6) is 0.154. The number of hydrogen-bond acceptors (Lipinski definition) is 6. The highest BCUT2D eigenvalue weighted by Gasteiger charge is 2.33. The third kappa shape index (κ3) is 3.94. The van der Waals surface area contributed by atoms with Crippen LogP contribution in [0.15, 0.2) is 88.3 Å². The van der Waals surface area contributed by atoms with Crippen molar-refractivity contribution in [2.24, 2.45) is 4.99 Å². The van der Waals surface area contributed by atoms with E-state index in [-0.39, 0.29) is 12.2 Å². The molecule has 32 heavy (non-hydrogen) atoms. The molecule has 0 saturated carbocycles. The molecule has 0 N–H and O–H groups in total. The molecule has 0 fully saturated rings. The first-order valence-electron chi connectivity index (χ1n) is 10.0. The smallest absolute Gasteiger partial charge is 0.338 e. The molecule has 162 valence electrons. The minimum absolute atomic E-state index is 0.0787. The lowest BCUT2D eigenvalue weighted by Gasteiger charge is -2.24. The molecule has 1 aliphatic heterocycles. The second-order valence-corrected chi connectivity index (χ2v) is 8.13. The normalized spacial score (nSPS) is 15.7. The van der Waals surface area contributed by atoms with Gasteiger partial charge in [0.1, 0.15) is 12.4 Å². The molecular formula is C25H22N2O4S. The Kier molecular flexibility index (Phi) is 6.18.